The molecule has 1 unspecified atom stereocenters. The number of hydrogen-bond donors (Lipinski definition) is 1. The summed E-state index contributed by atoms with van der Waals surface area (Å²) in [6, 6.07) is 11.9. The third kappa shape index (κ3) is 3.19. The maximum atomic E-state index is 12.5. The van der Waals surface area contributed by atoms with Crippen LogP contribution in [0.5, 0.6) is 0 Å². The van der Waals surface area contributed by atoms with Crippen molar-refractivity contribution in [2.75, 3.05) is 0 Å². The minimum Gasteiger partial charge on any atom is -0.345 e. The van der Waals surface area contributed by atoms with Crippen molar-refractivity contribution in [2.45, 2.75) is 25.3 Å². The molecule has 1 N–H and O–H groups in total. The van der Waals surface area contributed by atoms with Gasteiger partial charge in [-0.2, -0.15) is 0 Å². The Kier molecular flexibility index (Phi) is 4.30. The van der Waals surface area contributed by atoms with E-state index in [-0.39, 0.29) is 22.3 Å². The molecule has 2 aromatic carbocycles. The molecule has 1 aliphatic carbocycles. The number of amides is 1. The van der Waals surface area contributed by atoms with Crippen LogP contribution in [-0.2, 0) is 6.42 Å². The summed E-state index contributed by atoms with van der Waals surface area (Å²) in [6.45, 7) is 0. The van der Waals surface area contributed by atoms with Gasteiger partial charge in [-0.3, -0.25) is 14.9 Å². The van der Waals surface area contributed by atoms with Crippen LogP contribution >= 0.6 is 11.6 Å². The molecular weight excluding hydrogens is 316 g/mol. The van der Waals surface area contributed by atoms with Crippen molar-refractivity contribution >= 4 is 23.2 Å². The van der Waals surface area contributed by atoms with Gasteiger partial charge < -0.3 is 5.32 Å². The first-order valence-electron chi connectivity index (χ1n) is 7.39. The Balaban J connectivity index is 1.88. The molecule has 0 aromatic heterocycles. The maximum Gasteiger partial charge on any atom is 0.283 e. The highest BCUT2D eigenvalue weighted by molar-refractivity contribution is 6.31. The molecule has 1 amide bonds. The molecule has 23 heavy (non-hydrogen) atoms. The van der Waals surface area contributed by atoms with E-state index in [0.717, 1.165) is 24.8 Å². The van der Waals surface area contributed by atoms with E-state index in [1.54, 1.807) is 0 Å². The second-order valence-electron chi connectivity index (χ2n) is 5.54. The molecule has 0 radical (unpaired) electrons. The highest BCUT2D eigenvalue weighted by Gasteiger charge is 2.25. The number of carbonyl (C=O) groups is 1. The molecule has 1 atom stereocenters. The van der Waals surface area contributed by atoms with Crippen molar-refractivity contribution in [2.24, 2.45) is 0 Å². The summed E-state index contributed by atoms with van der Waals surface area (Å²) in [5, 5.41) is 14.3. The number of halogens is 1. The Morgan fingerprint density at radius 1 is 1.26 bits per heavy atom. The Morgan fingerprint density at radius 2 is 2.04 bits per heavy atom. The summed E-state index contributed by atoms with van der Waals surface area (Å²) in [6.07, 6.45) is 2.79. The van der Waals surface area contributed by atoms with Crippen LogP contribution in [0.3, 0.4) is 0 Å². The topological polar surface area (TPSA) is 72.2 Å². The van der Waals surface area contributed by atoms with Crippen LogP contribution in [0.2, 0.25) is 5.02 Å². The average molecular weight is 331 g/mol. The number of nitrogens with zero attached hydrogens (tertiary/aromatic N) is 1. The minimum absolute atomic E-state index is 0.0301. The number of nitro benzene ring substituents is 1. The molecule has 6 heteroatoms. The number of aryl methyl sites for hydroxylation is 1. The van der Waals surface area contributed by atoms with Gasteiger partial charge in [0.2, 0.25) is 0 Å². The lowest BCUT2D eigenvalue weighted by Crippen LogP contribution is -2.31. The second kappa shape index (κ2) is 6.38. The molecule has 0 spiro atoms. The molecule has 0 heterocycles. The number of carbonyl (C=O) groups excluding carboxylic acids is 1. The van der Waals surface area contributed by atoms with Gasteiger partial charge in [0.25, 0.3) is 11.6 Å². The van der Waals surface area contributed by atoms with Crippen LogP contribution in [0, 0.1) is 10.1 Å². The standard InChI is InChI=1S/C17H15ClN2O3/c18-12-8-9-14(16(10-12)20(22)23)17(21)19-15-7-3-5-11-4-1-2-6-13(11)15/h1-2,4,6,8-10,15H,3,5,7H2,(H,19,21). The van der Waals surface area contributed by atoms with Crippen molar-refractivity contribution in [1.82, 2.24) is 5.32 Å². The quantitative estimate of drug-likeness (QED) is 0.681. The normalized spacial score (nSPS) is 16.5. The lowest BCUT2D eigenvalue weighted by atomic mass is 9.87. The molecule has 0 bridgehead atoms. The summed E-state index contributed by atoms with van der Waals surface area (Å²) in [4.78, 5) is 23.0. The van der Waals surface area contributed by atoms with Gasteiger partial charge >= 0.3 is 0 Å². The van der Waals surface area contributed by atoms with Gasteiger partial charge in [-0.05, 0) is 42.5 Å². The van der Waals surface area contributed by atoms with Crippen LogP contribution in [-0.4, -0.2) is 10.8 Å². The number of fused-ring (bicyclic) bond motifs is 1. The smallest absolute Gasteiger partial charge is 0.283 e. The van der Waals surface area contributed by atoms with Crippen LogP contribution in [0.25, 0.3) is 0 Å². The number of nitrogens with one attached hydrogen (secondary N) is 1. The Bertz CT molecular complexity index is 776. The predicted molar refractivity (Wildman–Crippen MR) is 87.7 cm³/mol. The zero-order chi connectivity index (χ0) is 16.4. The number of benzene rings is 2. The number of rotatable bonds is 3. The molecule has 3 rings (SSSR count). The van der Waals surface area contributed by atoms with E-state index in [9.17, 15) is 14.9 Å². The van der Waals surface area contributed by atoms with Crippen molar-refractivity contribution in [1.29, 1.82) is 0 Å². The highest BCUT2D eigenvalue weighted by atomic mass is 35.5. The van der Waals surface area contributed by atoms with E-state index in [1.165, 1.54) is 23.8 Å². The zero-order valence-electron chi connectivity index (χ0n) is 12.3. The van der Waals surface area contributed by atoms with E-state index in [1.807, 2.05) is 18.2 Å². The first-order valence-corrected chi connectivity index (χ1v) is 7.76. The molecule has 0 saturated heterocycles. The molecule has 0 aliphatic heterocycles. The molecule has 5 nitrogen and oxygen atoms in total. The lowest BCUT2D eigenvalue weighted by Gasteiger charge is -2.26. The van der Waals surface area contributed by atoms with Crippen molar-refractivity contribution in [3.8, 4) is 0 Å². The molecule has 0 saturated carbocycles. The fourth-order valence-electron chi connectivity index (χ4n) is 2.99. The number of hydrogen-bond acceptors (Lipinski definition) is 3. The van der Waals surface area contributed by atoms with Crippen LogP contribution in [0.15, 0.2) is 42.5 Å². The first kappa shape index (κ1) is 15.5. The van der Waals surface area contributed by atoms with Gasteiger partial charge in [0.15, 0.2) is 0 Å². The van der Waals surface area contributed by atoms with Gasteiger partial charge in [-0.15, -0.1) is 0 Å². The maximum absolute atomic E-state index is 12.5. The van der Waals surface area contributed by atoms with Gasteiger partial charge in [0, 0.05) is 11.1 Å². The van der Waals surface area contributed by atoms with E-state index >= 15 is 0 Å². The molecule has 118 valence electrons. The molecule has 0 fully saturated rings. The van der Waals surface area contributed by atoms with Gasteiger partial charge in [-0.1, -0.05) is 35.9 Å². The summed E-state index contributed by atoms with van der Waals surface area (Å²) >= 11 is 5.79. The van der Waals surface area contributed by atoms with E-state index < -0.39 is 10.8 Å². The zero-order valence-corrected chi connectivity index (χ0v) is 13.0. The van der Waals surface area contributed by atoms with E-state index in [2.05, 4.69) is 11.4 Å². The minimum atomic E-state index is -0.588. The van der Waals surface area contributed by atoms with Crippen molar-refractivity contribution in [3.05, 3.63) is 74.3 Å². The first-order chi connectivity index (χ1) is 11.1. The van der Waals surface area contributed by atoms with Crippen LogP contribution < -0.4 is 5.32 Å². The predicted octanol–water partition coefficient (Wildman–Crippen LogP) is 4.06. The monoisotopic (exact) mass is 330 g/mol. The van der Waals surface area contributed by atoms with Gasteiger partial charge in [-0.25, -0.2) is 0 Å². The second-order valence-corrected chi connectivity index (χ2v) is 5.97. The number of nitro groups is 1. The Hall–Kier alpha value is -2.40. The van der Waals surface area contributed by atoms with E-state index in [0.29, 0.717) is 0 Å². The van der Waals surface area contributed by atoms with Crippen LogP contribution in [0.1, 0.15) is 40.4 Å². The highest BCUT2D eigenvalue weighted by Crippen LogP contribution is 2.30. The Morgan fingerprint density at radius 3 is 2.83 bits per heavy atom. The largest absolute Gasteiger partial charge is 0.345 e. The van der Waals surface area contributed by atoms with Crippen LogP contribution in [0.4, 0.5) is 5.69 Å². The van der Waals surface area contributed by atoms with E-state index in [4.69, 9.17) is 11.6 Å². The third-order valence-corrected chi connectivity index (χ3v) is 4.31. The average Bonchev–Trinajstić information content (AvgIpc) is 2.55. The lowest BCUT2D eigenvalue weighted by molar-refractivity contribution is -0.385. The fraction of sp³-hybridized carbons (Fsp3) is 0.235. The van der Waals surface area contributed by atoms with Gasteiger partial charge in [0.1, 0.15) is 5.56 Å². The summed E-state index contributed by atoms with van der Waals surface area (Å²) in [5.74, 6) is -0.449. The fourth-order valence-corrected chi connectivity index (χ4v) is 3.15. The Labute approximate surface area is 138 Å². The molecular formula is C17H15ClN2O3. The molecule has 1 aliphatic rings. The summed E-state index contributed by atoms with van der Waals surface area (Å²) < 4.78 is 0. The third-order valence-electron chi connectivity index (χ3n) is 4.08. The molecule has 2 aromatic rings. The summed E-state index contributed by atoms with van der Waals surface area (Å²) in [5.41, 5.74) is 2.06. The van der Waals surface area contributed by atoms with Crippen molar-refractivity contribution < 1.29 is 9.72 Å². The van der Waals surface area contributed by atoms with Crippen molar-refractivity contribution in [3.63, 3.8) is 0 Å². The summed E-state index contributed by atoms with van der Waals surface area (Å²) in [7, 11) is 0. The van der Waals surface area contributed by atoms with Gasteiger partial charge in [0.05, 0.1) is 11.0 Å². The SMILES string of the molecule is O=C(NC1CCCc2ccccc21)c1ccc(Cl)cc1[N+](=O)[O-].